The summed E-state index contributed by atoms with van der Waals surface area (Å²) in [6, 6.07) is 0. The van der Waals surface area contributed by atoms with Gasteiger partial charge in [-0.2, -0.15) is 0 Å². The Kier molecular flexibility index (Phi) is 4.57. The molecular formula is C11H12F3NO4. The minimum atomic E-state index is -4.87. The fourth-order valence-electron chi connectivity index (χ4n) is 1.42. The summed E-state index contributed by atoms with van der Waals surface area (Å²) in [5, 5.41) is 0. The van der Waals surface area contributed by atoms with E-state index < -0.39 is 18.1 Å². The maximum absolute atomic E-state index is 12.3. The number of esters is 1. The number of rotatable bonds is 4. The SMILES string of the molecule is COC(=O)Cc1cnc(C)c(OC(F)(F)F)c1OC. The number of pyridine rings is 1. The van der Waals surface area contributed by atoms with Crippen molar-refractivity contribution in [3.63, 3.8) is 0 Å². The topological polar surface area (TPSA) is 57.7 Å². The van der Waals surface area contributed by atoms with Gasteiger partial charge < -0.3 is 14.2 Å². The maximum Gasteiger partial charge on any atom is 0.573 e. The Labute approximate surface area is 107 Å². The molecular weight excluding hydrogens is 267 g/mol. The maximum atomic E-state index is 12.3. The van der Waals surface area contributed by atoms with Gasteiger partial charge >= 0.3 is 12.3 Å². The Morgan fingerprint density at radius 3 is 2.42 bits per heavy atom. The highest BCUT2D eigenvalue weighted by molar-refractivity contribution is 5.74. The summed E-state index contributed by atoms with van der Waals surface area (Å²) >= 11 is 0. The predicted molar refractivity (Wildman–Crippen MR) is 57.9 cm³/mol. The number of halogens is 3. The molecule has 0 unspecified atom stereocenters. The van der Waals surface area contributed by atoms with E-state index in [4.69, 9.17) is 4.74 Å². The van der Waals surface area contributed by atoms with Gasteiger partial charge in [0.05, 0.1) is 26.3 Å². The highest BCUT2D eigenvalue weighted by Crippen LogP contribution is 2.37. The molecule has 19 heavy (non-hydrogen) atoms. The Morgan fingerprint density at radius 2 is 1.95 bits per heavy atom. The lowest BCUT2D eigenvalue weighted by molar-refractivity contribution is -0.275. The number of alkyl halides is 3. The molecule has 1 heterocycles. The lowest BCUT2D eigenvalue weighted by Gasteiger charge is -2.16. The average Bonchev–Trinajstić information content (AvgIpc) is 2.31. The van der Waals surface area contributed by atoms with Crippen LogP contribution in [0.4, 0.5) is 13.2 Å². The number of methoxy groups -OCH3 is 2. The number of aryl methyl sites for hydroxylation is 1. The number of hydrogen-bond acceptors (Lipinski definition) is 5. The summed E-state index contributed by atoms with van der Waals surface area (Å²) in [4.78, 5) is 14.9. The molecule has 1 aromatic heterocycles. The molecule has 0 saturated heterocycles. The molecule has 0 atom stereocenters. The van der Waals surface area contributed by atoms with E-state index in [1.807, 2.05) is 0 Å². The zero-order chi connectivity index (χ0) is 14.6. The molecule has 0 aromatic carbocycles. The van der Waals surface area contributed by atoms with E-state index in [1.165, 1.54) is 27.3 Å². The highest BCUT2D eigenvalue weighted by atomic mass is 19.4. The summed E-state index contributed by atoms with van der Waals surface area (Å²) in [5.41, 5.74) is 0.155. The van der Waals surface area contributed by atoms with E-state index in [0.29, 0.717) is 0 Å². The first kappa shape index (κ1) is 15.1. The summed E-state index contributed by atoms with van der Waals surface area (Å²) in [6.07, 6.45) is -3.89. The molecule has 0 aliphatic rings. The first-order chi connectivity index (χ1) is 8.78. The molecule has 5 nitrogen and oxygen atoms in total. The number of ether oxygens (including phenoxy) is 3. The molecule has 0 bridgehead atoms. The molecule has 0 fully saturated rings. The predicted octanol–water partition coefficient (Wildman–Crippen LogP) is 2.01. The van der Waals surface area contributed by atoms with E-state index >= 15 is 0 Å². The number of hydrogen-bond donors (Lipinski definition) is 0. The van der Waals surface area contributed by atoms with Crippen LogP contribution in [0.2, 0.25) is 0 Å². The van der Waals surface area contributed by atoms with Gasteiger partial charge in [-0.25, -0.2) is 0 Å². The third kappa shape index (κ3) is 4.01. The van der Waals surface area contributed by atoms with Gasteiger partial charge in [0.15, 0.2) is 11.5 Å². The van der Waals surface area contributed by atoms with Gasteiger partial charge in [-0.15, -0.1) is 13.2 Å². The van der Waals surface area contributed by atoms with Crippen molar-refractivity contribution in [1.82, 2.24) is 4.98 Å². The summed E-state index contributed by atoms with van der Waals surface area (Å²) in [7, 11) is 2.35. The minimum Gasteiger partial charge on any atom is -0.492 e. The molecule has 0 saturated carbocycles. The van der Waals surface area contributed by atoms with E-state index in [1.54, 1.807) is 0 Å². The van der Waals surface area contributed by atoms with E-state index in [-0.39, 0.29) is 23.4 Å². The molecule has 8 heteroatoms. The summed E-state index contributed by atoms with van der Waals surface area (Å²) < 4.78 is 50.1. The van der Waals surface area contributed by atoms with Crippen LogP contribution in [0.1, 0.15) is 11.3 Å². The van der Waals surface area contributed by atoms with E-state index in [0.717, 1.165) is 0 Å². The normalized spacial score (nSPS) is 11.1. The fraction of sp³-hybridized carbons (Fsp3) is 0.455. The van der Waals surface area contributed by atoms with Gasteiger partial charge in [0.25, 0.3) is 0 Å². The largest absolute Gasteiger partial charge is 0.573 e. The smallest absolute Gasteiger partial charge is 0.492 e. The Balaban J connectivity index is 3.21. The summed E-state index contributed by atoms with van der Waals surface area (Å²) in [5.74, 6) is -1.37. The van der Waals surface area contributed by atoms with Crippen LogP contribution in [-0.4, -0.2) is 31.5 Å². The van der Waals surface area contributed by atoms with Gasteiger partial charge in [-0.1, -0.05) is 0 Å². The second-order valence-electron chi connectivity index (χ2n) is 3.53. The average molecular weight is 279 g/mol. The van der Waals surface area contributed by atoms with E-state index in [9.17, 15) is 18.0 Å². The molecule has 0 aliphatic heterocycles. The zero-order valence-corrected chi connectivity index (χ0v) is 10.5. The van der Waals surface area contributed by atoms with Crippen molar-refractivity contribution in [2.75, 3.05) is 14.2 Å². The monoisotopic (exact) mass is 279 g/mol. The summed E-state index contributed by atoms with van der Waals surface area (Å²) in [6.45, 7) is 1.34. The van der Waals surface area contributed by atoms with Crippen molar-refractivity contribution < 1.29 is 32.2 Å². The van der Waals surface area contributed by atoms with E-state index in [2.05, 4.69) is 14.5 Å². The minimum absolute atomic E-state index is 0.00258. The molecule has 1 aromatic rings. The number of carbonyl (C=O) groups excluding carboxylic acids is 1. The Bertz CT molecular complexity index is 474. The lowest BCUT2D eigenvalue weighted by Crippen LogP contribution is -2.19. The quantitative estimate of drug-likeness (QED) is 0.789. The van der Waals surface area contributed by atoms with Crippen molar-refractivity contribution in [3.8, 4) is 11.5 Å². The van der Waals surface area contributed by atoms with Crippen LogP contribution in [0.15, 0.2) is 6.20 Å². The molecule has 0 amide bonds. The van der Waals surface area contributed by atoms with Gasteiger partial charge in [-0.3, -0.25) is 9.78 Å². The standard InChI is InChI=1S/C11H12F3NO4/c1-6-9(19-11(12,13)14)10(18-3)7(5-15-6)4-8(16)17-2/h5H,4H2,1-3H3. The van der Waals surface area contributed by atoms with Crippen LogP contribution in [0.3, 0.4) is 0 Å². The Hall–Kier alpha value is -1.99. The van der Waals surface area contributed by atoms with Crippen molar-refractivity contribution in [1.29, 1.82) is 0 Å². The van der Waals surface area contributed by atoms with Crippen LogP contribution < -0.4 is 9.47 Å². The van der Waals surface area contributed by atoms with Gasteiger partial charge in [0, 0.05) is 11.8 Å². The van der Waals surface area contributed by atoms with Crippen LogP contribution in [0, 0.1) is 6.92 Å². The number of nitrogens with zero attached hydrogens (tertiary/aromatic N) is 1. The van der Waals surface area contributed by atoms with Crippen molar-refractivity contribution in [2.45, 2.75) is 19.7 Å². The first-order valence-electron chi connectivity index (χ1n) is 5.13. The molecule has 0 spiro atoms. The number of carbonyl (C=O) groups is 1. The van der Waals surface area contributed by atoms with Crippen LogP contribution in [0.25, 0.3) is 0 Å². The highest BCUT2D eigenvalue weighted by Gasteiger charge is 2.34. The second-order valence-corrected chi connectivity index (χ2v) is 3.53. The molecule has 0 aliphatic carbocycles. The molecule has 0 radical (unpaired) electrons. The van der Waals surface area contributed by atoms with Crippen LogP contribution in [-0.2, 0) is 16.0 Å². The van der Waals surface area contributed by atoms with Crippen molar-refractivity contribution in [3.05, 3.63) is 17.5 Å². The molecule has 1 rings (SSSR count). The molecule has 0 N–H and O–H groups in total. The van der Waals surface area contributed by atoms with Gasteiger partial charge in [-0.05, 0) is 6.92 Å². The number of aromatic nitrogens is 1. The Morgan fingerprint density at radius 1 is 1.32 bits per heavy atom. The van der Waals surface area contributed by atoms with Gasteiger partial charge in [0.2, 0.25) is 0 Å². The first-order valence-corrected chi connectivity index (χ1v) is 5.13. The van der Waals surface area contributed by atoms with Crippen LogP contribution in [0.5, 0.6) is 11.5 Å². The van der Waals surface area contributed by atoms with Gasteiger partial charge in [0.1, 0.15) is 0 Å². The third-order valence-electron chi connectivity index (χ3n) is 2.22. The lowest BCUT2D eigenvalue weighted by atomic mass is 10.1. The third-order valence-corrected chi connectivity index (χ3v) is 2.22. The molecule has 106 valence electrons. The second kappa shape index (κ2) is 5.77. The van der Waals surface area contributed by atoms with Crippen molar-refractivity contribution >= 4 is 5.97 Å². The fourth-order valence-corrected chi connectivity index (χ4v) is 1.42. The zero-order valence-electron chi connectivity index (χ0n) is 10.5. The van der Waals surface area contributed by atoms with Crippen LogP contribution >= 0.6 is 0 Å². The van der Waals surface area contributed by atoms with Crippen molar-refractivity contribution in [2.24, 2.45) is 0 Å².